The molecule has 122 valence electrons. The Labute approximate surface area is 130 Å². The van der Waals surface area contributed by atoms with Gasteiger partial charge in [0, 0.05) is 18.7 Å². The summed E-state index contributed by atoms with van der Waals surface area (Å²) in [6, 6.07) is 3.82. The number of aromatic amines is 1. The van der Waals surface area contributed by atoms with Crippen molar-refractivity contribution in [3.05, 3.63) is 29.7 Å². The second-order valence-corrected chi connectivity index (χ2v) is 7.10. The lowest BCUT2D eigenvalue weighted by Gasteiger charge is -2.06. The third kappa shape index (κ3) is 4.69. The molecule has 22 heavy (non-hydrogen) atoms. The van der Waals surface area contributed by atoms with Crippen LogP contribution in [0.5, 0.6) is 0 Å². The molecule has 2 rings (SSSR count). The first-order valence-corrected chi connectivity index (χ1v) is 8.94. The second kappa shape index (κ2) is 7.57. The summed E-state index contributed by atoms with van der Waals surface area (Å²) < 4.78 is 30.7. The summed E-state index contributed by atoms with van der Waals surface area (Å²) in [6.07, 6.45) is 2.49. The first kappa shape index (κ1) is 16.7. The topological polar surface area (TPSA) is 100 Å². The van der Waals surface area contributed by atoms with Gasteiger partial charge in [0.15, 0.2) is 5.76 Å². The van der Waals surface area contributed by atoms with Crippen LogP contribution in [0.4, 0.5) is 0 Å². The minimum Gasteiger partial charge on any atom is -0.460 e. The summed E-state index contributed by atoms with van der Waals surface area (Å²) in [5.41, 5.74) is 1.88. The van der Waals surface area contributed by atoms with Crippen LogP contribution in [-0.4, -0.2) is 37.5 Å². The van der Waals surface area contributed by atoms with Gasteiger partial charge in [-0.1, -0.05) is 0 Å². The number of nitrogens with zero attached hydrogens (tertiary/aromatic N) is 1. The molecule has 2 aromatic heterocycles. The third-order valence-electron chi connectivity index (χ3n) is 3.25. The lowest BCUT2D eigenvalue weighted by molar-refractivity contribution is 0.544. The summed E-state index contributed by atoms with van der Waals surface area (Å²) in [7, 11) is -3.10. The van der Waals surface area contributed by atoms with Crippen molar-refractivity contribution < 1.29 is 12.8 Å². The van der Waals surface area contributed by atoms with Gasteiger partial charge < -0.3 is 9.73 Å². The Morgan fingerprint density at radius 2 is 2.14 bits per heavy atom. The molecule has 0 amide bonds. The maximum Gasteiger partial charge on any atom is 0.211 e. The van der Waals surface area contributed by atoms with Crippen molar-refractivity contribution in [1.82, 2.24) is 20.2 Å². The van der Waals surface area contributed by atoms with Gasteiger partial charge in [-0.3, -0.25) is 5.10 Å². The van der Waals surface area contributed by atoms with Gasteiger partial charge in [0.1, 0.15) is 11.5 Å². The van der Waals surface area contributed by atoms with Gasteiger partial charge in [-0.2, -0.15) is 5.10 Å². The van der Waals surface area contributed by atoms with Crippen LogP contribution in [0.15, 0.2) is 22.7 Å². The zero-order valence-corrected chi connectivity index (χ0v) is 13.7. The van der Waals surface area contributed by atoms with Gasteiger partial charge in [0.25, 0.3) is 0 Å². The van der Waals surface area contributed by atoms with Crippen molar-refractivity contribution in [1.29, 1.82) is 0 Å². The summed E-state index contributed by atoms with van der Waals surface area (Å²) in [5.74, 6) is 1.73. The number of aryl methyl sites for hydroxylation is 1. The Morgan fingerprint density at radius 3 is 2.82 bits per heavy atom. The van der Waals surface area contributed by atoms with Gasteiger partial charge in [-0.15, -0.1) is 0 Å². The van der Waals surface area contributed by atoms with E-state index in [1.54, 1.807) is 13.1 Å². The van der Waals surface area contributed by atoms with Gasteiger partial charge in [0.2, 0.25) is 10.0 Å². The van der Waals surface area contributed by atoms with Crippen LogP contribution in [0.3, 0.4) is 0 Å². The lowest BCUT2D eigenvalue weighted by Crippen LogP contribution is -2.28. The molecule has 0 aliphatic carbocycles. The molecule has 0 aromatic carbocycles. The van der Waals surface area contributed by atoms with Crippen LogP contribution in [0.1, 0.15) is 24.7 Å². The molecule has 0 unspecified atom stereocenters. The van der Waals surface area contributed by atoms with Crippen LogP contribution in [0, 0.1) is 6.92 Å². The van der Waals surface area contributed by atoms with E-state index < -0.39 is 10.0 Å². The maximum atomic E-state index is 11.3. The van der Waals surface area contributed by atoms with Crippen molar-refractivity contribution in [3.8, 4) is 11.5 Å². The molecular formula is C14H22N4O3S. The van der Waals surface area contributed by atoms with E-state index in [1.807, 2.05) is 19.1 Å². The van der Waals surface area contributed by atoms with E-state index in [0.717, 1.165) is 29.2 Å². The van der Waals surface area contributed by atoms with E-state index in [4.69, 9.17) is 4.42 Å². The van der Waals surface area contributed by atoms with Crippen molar-refractivity contribution in [2.24, 2.45) is 0 Å². The molecule has 2 heterocycles. The van der Waals surface area contributed by atoms with Crippen molar-refractivity contribution >= 4 is 10.0 Å². The Hall–Kier alpha value is -1.64. The maximum absolute atomic E-state index is 11.3. The first-order chi connectivity index (χ1) is 10.5. The first-order valence-electron chi connectivity index (χ1n) is 7.29. The highest BCUT2D eigenvalue weighted by Crippen LogP contribution is 2.23. The van der Waals surface area contributed by atoms with Crippen LogP contribution < -0.4 is 10.0 Å². The Bertz CT molecular complexity index is 691. The highest BCUT2D eigenvalue weighted by molar-refractivity contribution is 7.89. The van der Waals surface area contributed by atoms with E-state index in [9.17, 15) is 8.42 Å². The normalized spacial score (nSPS) is 11.9. The molecule has 7 nitrogen and oxygen atoms in total. The summed E-state index contributed by atoms with van der Waals surface area (Å²) >= 11 is 0. The van der Waals surface area contributed by atoms with E-state index in [2.05, 4.69) is 20.2 Å². The second-order valence-electron chi connectivity index (χ2n) is 5.01. The van der Waals surface area contributed by atoms with Crippen LogP contribution in [0.25, 0.3) is 11.5 Å². The summed E-state index contributed by atoms with van der Waals surface area (Å²) in [6.45, 7) is 5.32. The fraction of sp³-hybridized carbons (Fsp3) is 0.500. The average Bonchev–Trinajstić information content (AvgIpc) is 3.11. The number of aromatic nitrogens is 2. The average molecular weight is 326 g/mol. The van der Waals surface area contributed by atoms with Gasteiger partial charge >= 0.3 is 0 Å². The van der Waals surface area contributed by atoms with Crippen LogP contribution >= 0.6 is 0 Å². The quantitative estimate of drug-likeness (QED) is 0.605. The molecular weight excluding hydrogens is 304 g/mol. The summed E-state index contributed by atoms with van der Waals surface area (Å²) in [5, 5.41) is 10.3. The van der Waals surface area contributed by atoms with E-state index in [-0.39, 0.29) is 5.75 Å². The summed E-state index contributed by atoms with van der Waals surface area (Å²) in [4.78, 5) is 0. The van der Waals surface area contributed by atoms with E-state index >= 15 is 0 Å². The molecule has 0 atom stereocenters. The zero-order valence-electron chi connectivity index (χ0n) is 12.8. The molecule has 0 spiro atoms. The molecule has 3 N–H and O–H groups in total. The zero-order chi connectivity index (χ0) is 16.0. The monoisotopic (exact) mass is 326 g/mol. The van der Waals surface area contributed by atoms with Crippen LogP contribution in [0.2, 0.25) is 0 Å². The molecule has 2 aromatic rings. The van der Waals surface area contributed by atoms with Gasteiger partial charge in [0.05, 0.1) is 11.9 Å². The van der Waals surface area contributed by atoms with Gasteiger partial charge in [-0.05, 0) is 38.9 Å². The molecule has 0 radical (unpaired) electrons. The number of furan rings is 1. The van der Waals surface area contributed by atoms with Gasteiger partial charge in [-0.25, -0.2) is 13.1 Å². The Kier molecular flexibility index (Phi) is 5.76. The van der Waals surface area contributed by atoms with E-state index in [0.29, 0.717) is 19.6 Å². The number of rotatable bonds is 9. The highest BCUT2D eigenvalue weighted by Gasteiger charge is 2.10. The van der Waals surface area contributed by atoms with Crippen LogP contribution in [-0.2, 0) is 16.6 Å². The Morgan fingerprint density at radius 1 is 1.32 bits per heavy atom. The molecule has 0 saturated heterocycles. The van der Waals surface area contributed by atoms with Crippen molar-refractivity contribution in [2.45, 2.75) is 26.8 Å². The predicted octanol–water partition coefficient (Wildman–Crippen LogP) is 1.40. The lowest BCUT2D eigenvalue weighted by atomic mass is 10.2. The number of hydrogen-bond donors (Lipinski definition) is 3. The SMILES string of the molecule is CCS(=O)(=O)NCCCNCc1cn[nH]c1-c1ccc(C)o1. The standard InChI is InChI=1S/C14H22N4O3S/c1-3-22(19,20)17-8-4-7-15-9-12-10-16-18-14(12)13-6-5-11(2)21-13/h5-6,10,15,17H,3-4,7-9H2,1-2H3,(H,16,18). The molecule has 8 heteroatoms. The fourth-order valence-electron chi connectivity index (χ4n) is 1.99. The Balaban J connectivity index is 1.76. The number of H-pyrrole nitrogens is 1. The smallest absolute Gasteiger partial charge is 0.211 e. The van der Waals surface area contributed by atoms with Crippen molar-refractivity contribution in [2.75, 3.05) is 18.8 Å². The molecule has 0 saturated carbocycles. The third-order valence-corrected chi connectivity index (χ3v) is 4.66. The predicted molar refractivity (Wildman–Crippen MR) is 84.8 cm³/mol. The number of sulfonamides is 1. The number of nitrogens with one attached hydrogen (secondary N) is 3. The largest absolute Gasteiger partial charge is 0.460 e. The minimum absolute atomic E-state index is 0.112. The molecule has 0 fully saturated rings. The minimum atomic E-state index is -3.10. The van der Waals surface area contributed by atoms with E-state index in [1.165, 1.54) is 0 Å². The molecule has 0 aliphatic heterocycles. The molecule has 0 aliphatic rings. The highest BCUT2D eigenvalue weighted by atomic mass is 32.2. The molecule has 0 bridgehead atoms. The fourth-order valence-corrected chi connectivity index (χ4v) is 2.65. The van der Waals surface area contributed by atoms with Crippen molar-refractivity contribution in [3.63, 3.8) is 0 Å². The number of hydrogen-bond acceptors (Lipinski definition) is 5.